The summed E-state index contributed by atoms with van der Waals surface area (Å²) in [5.74, 6) is -1.62. The molecule has 0 spiro atoms. The van der Waals surface area contributed by atoms with Gasteiger partial charge in [0.1, 0.15) is 5.54 Å². The number of carbonyl (C=O) groups is 2. The van der Waals surface area contributed by atoms with Crippen molar-refractivity contribution in [2.45, 2.75) is 95.9 Å². The van der Waals surface area contributed by atoms with Crippen molar-refractivity contribution in [2.75, 3.05) is 0 Å². The van der Waals surface area contributed by atoms with Crippen molar-refractivity contribution in [3.05, 3.63) is 0 Å². The van der Waals surface area contributed by atoms with E-state index in [1.165, 1.54) is 32.1 Å². The maximum atomic E-state index is 10.8. The summed E-state index contributed by atoms with van der Waals surface area (Å²) in [5.41, 5.74) is 4.59. The van der Waals surface area contributed by atoms with Crippen LogP contribution >= 0.6 is 0 Å². The van der Waals surface area contributed by atoms with Crippen molar-refractivity contribution in [1.29, 1.82) is 0 Å². The Bertz CT molecular complexity index is 316. The van der Waals surface area contributed by atoms with Crippen LogP contribution in [0.4, 0.5) is 0 Å². The summed E-state index contributed by atoms with van der Waals surface area (Å²) in [5, 5.41) is 17.4. The van der Waals surface area contributed by atoms with Crippen molar-refractivity contribution in [2.24, 2.45) is 5.73 Å². The molecule has 0 aliphatic carbocycles. The molecule has 0 saturated heterocycles. The van der Waals surface area contributed by atoms with Gasteiger partial charge in [-0.15, -0.1) is 0 Å². The summed E-state index contributed by atoms with van der Waals surface area (Å²) >= 11 is 0. The third-order valence-corrected chi connectivity index (χ3v) is 4.08. The first-order valence-electron chi connectivity index (χ1n) is 8.60. The summed E-state index contributed by atoms with van der Waals surface area (Å²) in [6.07, 6.45) is 13.0. The van der Waals surface area contributed by atoms with E-state index in [0.29, 0.717) is 12.8 Å². The highest BCUT2D eigenvalue weighted by atomic mass is 16.4. The molecule has 0 fully saturated rings. The second-order valence-corrected chi connectivity index (χ2v) is 6.51. The Kier molecular flexibility index (Phi) is 11.8. The van der Waals surface area contributed by atoms with Crippen LogP contribution in [0.3, 0.4) is 0 Å². The average molecular weight is 315 g/mol. The molecular weight excluding hydrogens is 282 g/mol. The topological polar surface area (TPSA) is 101 Å². The number of rotatable bonds is 15. The number of carboxylic acids is 2. The van der Waals surface area contributed by atoms with Gasteiger partial charge >= 0.3 is 11.9 Å². The Balaban J connectivity index is 3.21. The van der Waals surface area contributed by atoms with Crippen LogP contribution in [0, 0.1) is 0 Å². The smallest absolute Gasteiger partial charge is 0.323 e. The van der Waals surface area contributed by atoms with Gasteiger partial charge < -0.3 is 15.9 Å². The molecule has 5 nitrogen and oxygen atoms in total. The average Bonchev–Trinajstić information content (AvgIpc) is 2.43. The Labute approximate surface area is 134 Å². The Morgan fingerprint density at radius 1 is 0.773 bits per heavy atom. The zero-order valence-corrected chi connectivity index (χ0v) is 14.0. The molecule has 22 heavy (non-hydrogen) atoms. The lowest BCUT2D eigenvalue weighted by molar-refractivity contribution is -0.143. The lowest BCUT2D eigenvalue weighted by atomic mass is 9.95. The number of carboxylic acid groups (broad SMARTS) is 2. The van der Waals surface area contributed by atoms with Crippen molar-refractivity contribution >= 4 is 11.9 Å². The van der Waals surface area contributed by atoms with Gasteiger partial charge in [-0.05, 0) is 19.8 Å². The van der Waals surface area contributed by atoms with E-state index >= 15 is 0 Å². The van der Waals surface area contributed by atoms with Gasteiger partial charge in [-0.25, -0.2) is 0 Å². The summed E-state index contributed by atoms with van der Waals surface area (Å²) < 4.78 is 0. The van der Waals surface area contributed by atoms with Crippen LogP contribution < -0.4 is 5.73 Å². The fraction of sp³-hybridized carbons (Fsp3) is 0.882. The number of hydrogen-bond donors (Lipinski definition) is 3. The van der Waals surface area contributed by atoms with E-state index in [4.69, 9.17) is 15.9 Å². The van der Waals surface area contributed by atoms with Crippen LogP contribution in [0.1, 0.15) is 90.4 Å². The van der Waals surface area contributed by atoms with E-state index < -0.39 is 17.5 Å². The van der Waals surface area contributed by atoms with Gasteiger partial charge in [0.2, 0.25) is 0 Å². The van der Waals surface area contributed by atoms with E-state index in [9.17, 15) is 9.59 Å². The van der Waals surface area contributed by atoms with Crippen molar-refractivity contribution in [1.82, 2.24) is 0 Å². The van der Waals surface area contributed by atoms with Gasteiger partial charge in [-0.1, -0.05) is 64.2 Å². The largest absolute Gasteiger partial charge is 0.481 e. The molecule has 0 aliphatic heterocycles. The number of hydrogen-bond acceptors (Lipinski definition) is 3. The zero-order valence-electron chi connectivity index (χ0n) is 14.0. The monoisotopic (exact) mass is 315 g/mol. The minimum absolute atomic E-state index is 0.295. The van der Waals surface area contributed by atoms with Crippen molar-refractivity contribution in [3.63, 3.8) is 0 Å². The van der Waals surface area contributed by atoms with Crippen molar-refractivity contribution < 1.29 is 19.8 Å². The van der Waals surface area contributed by atoms with Crippen LogP contribution in [-0.4, -0.2) is 27.7 Å². The van der Waals surface area contributed by atoms with Gasteiger partial charge in [0.05, 0.1) is 0 Å². The van der Waals surface area contributed by atoms with E-state index in [0.717, 1.165) is 38.5 Å². The molecule has 4 N–H and O–H groups in total. The van der Waals surface area contributed by atoms with Gasteiger partial charge in [0.25, 0.3) is 0 Å². The predicted octanol–water partition coefficient (Wildman–Crippen LogP) is 3.94. The third-order valence-electron chi connectivity index (χ3n) is 4.08. The van der Waals surface area contributed by atoms with Gasteiger partial charge in [-0.2, -0.15) is 0 Å². The fourth-order valence-electron chi connectivity index (χ4n) is 2.47. The molecule has 0 rings (SSSR count). The molecule has 0 saturated carbocycles. The summed E-state index contributed by atoms with van der Waals surface area (Å²) in [7, 11) is 0. The van der Waals surface area contributed by atoms with Crippen LogP contribution in [0.25, 0.3) is 0 Å². The first-order chi connectivity index (χ1) is 10.4. The lowest BCUT2D eigenvalue weighted by Gasteiger charge is -2.18. The highest BCUT2D eigenvalue weighted by Crippen LogP contribution is 2.15. The molecule has 0 aliphatic rings. The molecule has 0 radical (unpaired) electrons. The van der Waals surface area contributed by atoms with E-state index in [-0.39, 0.29) is 0 Å². The molecule has 130 valence electrons. The molecule has 1 atom stereocenters. The van der Waals surface area contributed by atoms with Gasteiger partial charge in [0.15, 0.2) is 0 Å². The van der Waals surface area contributed by atoms with Crippen LogP contribution in [0.15, 0.2) is 0 Å². The highest BCUT2D eigenvalue weighted by Gasteiger charge is 2.26. The van der Waals surface area contributed by atoms with E-state index in [2.05, 4.69) is 0 Å². The lowest BCUT2D eigenvalue weighted by Crippen LogP contribution is -2.44. The van der Waals surface area contributed by atoms with Crippen LogP contribution in [0.5, 0.6) is 0 Å². The summed E-state index contributed by atoms with van der Waals surface area (Å²) in [6, 6.07) is 0. The standard InChI is InChI=1S/C17H33NO4/c1-17(18,16(21)22)14-12-10-8-6-4-2-3-5-7-9-11-13-15(19)20/h2-14,18H2,1H3,(H,19,20)(H,21,22). The van der Waals surface area contributed by atoms with Crippen molar-refractivity contribution in [3.8, 4) is 0 Å². The quantitative estimate of drug-likeness (QED) is 0.397. The normalized spacial score (nSPS) is 13.7. The van der Waals surface area contributed by atoms with E-state index in [1.807, 2.05) is 0 Å². The molecular formula is C17H33NO4. The van der Waals surface area contributed by atoms with Crippen LogP contribution in [0.2, 0.25) is 0 Å². The van der Waals surface area contributed by atoms with E-state index in [1.54, 1.807) is 6.92 Å². The van der Waals surface area contributed by atoms with Crippen LogP contribution in [-0.2, 0) is 9.59 Å². The molecule has 0 bridgehead atoms. The Morgan fingerprint density at radius 3 is 1.50 bits per heavy atom. The van der Waals surface area contributed by atoms with Gasteiger partial charge in [-0.3, -0.25) is 9.59 Å². The minimum Gasteiger partial charge on any atom is -0.481 e. The second-order valence-electron chi connectivity index (χ2n) is 6.51. The Morgan fingerprint density at radius 2 is 1.14 bits per heavy atom. The summed E-state index contributed by atoms with van der Waals surface area (Å²) in [4.78, 5) is 21.2. The Hall–Kier alpha value is -1.10. The maximum absolute atomic E-state index is 10.8. The maximum Gasteiger partial charge on any atom is 0.323 e. The SMILES string of the molecule is CC(N)(CCCCCCCCCCCCCC(=O)O)C(=O)O. The van der Waals surface area contributed by atoms with Gasteiger partial charge in [0, 0.05) is 6.42 Å². The number of nitrogens with two attached hydrogens (primary N) is 1. The number of unbranched alkanes of at least 4 members (excludes halogenated alkanes) is 10. The second kappa shape index (κ2) is 12.4. The molecule has 0 amide bonds. The molecule has 0 aromatic carbocycles. The third kappa shape index (κ3) is 12.6. The zero-order chi connectivity index (χ0) is 16.8. The molecule has 0 aromatic rings. The minimum atomic E-state index is -1.08. The number of aliphatic carboxylic acids is 2. The first-order valence-corrected chi connectivity index (χ1v) is 8.60. The fourth-order valence-corrected chi connectivity index (χ4v) is 2.47. The summed E-state index contributed by atoms with van der Waals surface area (Å²) in [6.45, 7) is 1.58. The first kappa shape index (κ1) is 20.9. The predicted molar refractivity (Wildman–Crippen MR) is 87.9 cm³/mol. The molecule has 1 unspecified atom stereocenters. The molecule has 0 aromatic heterocycles. The highest BCUT2D eigenvalue weighted by molar-refractivity contribution is 5.77. The molecule has 0 heterocycles. The molecule has 5 heteroatoms.